The quantitative estimate of drug-likeness (QED) is 0.581. The second-order valence-corrected chi connectivity index (χ2v) is 2.88. The Morgan fingerprint density at radius 2 is 2.08 bits per heavy atom. The summed E-state index contributed by atoms with van der Waals surface area (Å²) in [7, 11) is 0. The van der Waals surface area contributed by atoms with Crippen LogP contribution in [-0.4, -0.2) is 15.0 Å². The summed E-state index contributed by atoms with van der Waals surface area (Å²) in [4.78, 5) is 12.3. The number of halogens is 1. The molecule has 2 aromatic rings. The molecule has 4 heteroatoms. The first-order valence-corrected chi connectivity index (χ1v) is 3.89. The molecule has 0 amide bonds. The normalized spacial score (nSPS) is 10.5. The number of rotatable bonds is 0. The van der Waals surface area contributed by atoms with Gasteiger partial charge in [0.1, 0.15) is 10.7 Å². The van der Waals surface area contributed by atoms with Crippen LogP contribution in [0.25, 0.3) is 11.2 Å². The Balaban J connectivity index is 2.80. The molecule has 0 aliphatic heterocycles. The molecule has 0 radical (unpaired) electrons. The molecule has 2 heterocycles. The Bertz CT molecular complexity index is 391. The minimum absolute atomic E-state index is 0.447. The highest BCUT2D eigenvalue weighted by molar-refractivity contribution is 6.29. The van der Waals surface area contributed by atoms with Crippen LogP contribution in [0.5, 0.6) is 0 Å². The predicted octanol–water partition coefficient (Wildman–Crippen LogP) is 1.99. The van der Waals surface area contributed by atoms with Crippen molar-refractivity contribution in [2.75, 3.05) is 0 Å². The van der Waals surface area contributed by atoms with Gasteiger partial charge in [-0.25, -0.2) is 9.97 Å². The number of hydrogen-bond donors (Lipinski definition) is 0. The van der Waals surface area contributed by atoms with Gasteiger partial charge in [-0.15, -0.1) is 0 Å². The van der Waals surface area contributed by atoms with Gasteiger partial charge in [0, 0.05) is 6.20 Å². The summed E-state index contributed by atoms with van der Waals surface area (Å²) in [6.45, 7) is 1.87. The van der Waals surface area contributed by atoms with Crippen LogP contribution in [0.15, 0.2) is 18.3 Å². The number of fused-ring (bicyclic) bond motifs is 1. The van der Waals surface area contributed by atoms with Gasteiger partial charge < -0.3 is 0 Å². The zero-order chi connectivity index (χ0) is 8.55. The molecular formula is C8H6ClN3. The van der Waals surface area contributed by atoms with Gasteiger partial charge in [0.15, 0.2) is 5.65 Å². The van der Waals surface area contributed by atoms with Gasteiger partial charge >= 0.3 is 0 Å². The monoisotopic (exact) mass is 179 g/mol. The van der Waals surface area contributed by atoms with Crippen molar-refractivity contribution in [2.24, 2.45) is 0 Å². The van der Waals surface area contributed by atoms with Crippen molar-refractivity contribution in [1.82, 2.24) is 15.0 Å². The summed E-state index contributed by atoms with van der Waals surface area (Å²) in [6, 6.07) is 3.50. The van der Waals surface area contributed by atoms with E-state index in [2.05, 4.69) is 15.0 Å². The molecular weight excluding hydrogens is 174 g/mol. The molecule has 0 atom stereocenters. The zero-order valence-electron chi connectivity index (χ0n) is 6.45. The number of aryl methyl sites for hydroxylation is 1. The molecule has 2 rings (SSSR count). The molecule has 12 heavy (non-hydrogen) atoms. The molecule has 0 unspecified atom stereocenters. The van der Waals surface area contributed by atoms with Crippen molar-refractivity contribution in [3.05, 3.63) is 29.2 Å². The van der Waals surface area contributed by atoms with Crippen molar-refractivity contribution in [3.8, 4) is 0 Å². The maximum atomic E-state index is 5.69. The first-order valence-electron chi connectivity index (χ1n) is 3.51. The Labute approximate surface area is 74.4 Å². The predicted molar refractivity (Wildman–Crippen MR) is 47.1 cm³/mol. The van der Waals surface area contributed by atoms with Crippen molar-refractivity contribution < 1.29 is 0 Å². The van der Waals surface area contributed by atoms with Crippen molar-refractivity contribution in [3.63, 3.8) is 0 Å². The Morgan fingerprint density at radius 3 is 2.92 bits per heavy atom. The average Bonchev–Trinajstić information content (AvgIpc) is 2.03. The molecule has 0 aliphatic rings. The minimum Gasteiger partial charge on any atom is -0.251 e. The SMILES string of the molecule is Cc1cnc2ccc(Cl)nc2n1. The summed E-state index contributed by atoms with van der Waals surface area (Å²) in [6.07, 6.45) is 1.71. The highest BCUT2D eigenvalue weighted by Crippen LogP contribution is 2.10. The highest BCUT2D eigenvalue weighted by atomic mass is 35.5. The lowest BCUT2D eigenvalue weighted by molar-refractivity contribution is 1.15. The Hall–Kier alpha value is -1.22. The van der Waals surface area contributed by atoms with Crippen LogP contribution in [-0.2, 0) is 0 Å². The largest absolute Gasteiger partial charge is 0.251 e. The third-order valence-corrected chi connectivity index (χ3v) is 1.70. The van der Waals surface area contributed by atoms with E-state index in [4.69, 9.17) is 11.6 Å². The van der Waals surface area contributed by atoms with Gasteiger partial charge in [0.2, 0.25) is 0 Å². The van der Waals surface area contributed by atoms with Gasteiger partial charge in [-0.3, -0.25) is 4.98 Å². The number of hydrogen-bond acceptors (Lipinski definition) is 3. The van der Waals surface area contributed by atoms with Crippen LogP contribution in [0, 0.1) is 6.92 Å². The second kappa shape index (κ2) is 2.68. The van der Waals surface area contributed by atoms with Gasteiger partial charge in [-0.2, -0.15) is 0 Å². The smallest absolute Gasteiger partial charge is 0.179 e. The summed E-state index contributed by atoms with van der Waals surface area (Å²) >= 11 is 5.69. The fourth-order valence-corrected chi connectivity index (χ4v) is 1.10. The van der Waals surface area contributed by atoms with E-state index in [0.717, 1.165) is 11.2 Å². The van der Waals surface area contributed by atoms with Crippen molar-refractivity contribution in [1.29, 1.82) is 0 Å². The minimum atomic E-state index is 0.447. The molecule has 2 aromatic heterocycles. The summed E-state index contributed by atoms with van der Waals surface area (Å²) in [5.41, 5.74) is 2.21. The third-order valence-electron chi connectivity index (χ3n) is 1.49. The van der Waals surface area contributed by atoms with E-state index >= 15 is 0 Å². The van der Waals surface area contributed by atoms with E-state index in [1.165, 1.54) is 0 Å². The fourth-order valence-electron chi connectivity index (χ4n) is 0.960. The summed E-state index contributed by atoms with van der Waals surface area (Å²) in [5.74, 6) is 0. The molecule has 0 saturated heterocycles. The van der Waals surface area contributed by atoms with E-state index in [0.29, 0.717) is 10.8 Å². The van der Waals surface area contributed by atoms with E-state index in [1.807, 2.05) is 6.92 Å². The average molecular weight is 180 g/mol. The lowest BCUT2D eigenvalue weighted by atomic mass is 10.4. The van der Waals surface area contributed by atoms with Crippen molar-refractivity contribution >= 4 is 22.8 Å². The van der Waals surface area contributed by atoms with Crippen LogP contribution in [0.4, 0.5) is 0 Å². The number of aromatic nitrogens is 3. The Kier molecular flexibility index (Phi) is 1.66. The number of pyridine rings is 1. The lowest BCUT2D eigenvalue weighted by Gasteiger charge is -1.96. The number of nitrogens with zero attached hydrogens (tertiary/aromatic N) is 3. The van der Waals surface area contributed by atoms with Gasteiger partial charge in [0.25, 0.3) is 0 Å². The molecule has 0 aliphatic carbocycles. The van der Waals surface area contributed by atoms with Crippen LogP contribution in [0.2, 0.25) is 5.15 Å². The Morgan fingerprint density at radius 1 is 1.25 bits per heavy atom. The van der Waals surface area contributed by atoms with Gasteiger partial charge in [0.05, 0.1) is 5.69 Å². The molecule has 60 valence electrons. The van der Waals surface area contributed by atoms with E-state index in [-0.39, 0.29) is 0 Å². The molecule has 0 spiro atoms. The van der Waals surface area contributed by atoms with Crippen LogP contribution in [0.1, 0.15) is 5.69 Å². The topological polar surface area (TPSA) is 38.7 Å². The second-order valence-electron chi connectivity index (χ2n) is 2.49. The summed E-state index contributed by atoms with van der Waals surface area (Å²) < 4.78 is 0. The maximum Gasteiger partial charge on any atom is 0.179 e. The first-order chi connectivity index (χ1) is 5.75. The van der Waals surface area contributed by atoms with E-state index in [1.54, 1.807) is 18.3 Å². The van der Waals surface area contributed by atoms with Crippen LogP contribution >= 0.6 is 11.6 Å². The molecule has 0 saturated carbocycles. The highest BCUT2D eigenvalue weighted by Gasteiger charge is 1.98. The molecule has 0 fully saturated rings. The maximum absolute atomic E-state index is 5.69. The molecule has 0 bridgehead atoms. The van der Waals surface area contributed by atoms with E-state index in [9.17, 15) is 0 Å². The lowest BCUT2D eigenvalue weighted by Crippen LogP contribution is -1.89. The van der Waals surface area contributed by atoms with Crippen molar-refractivity contribution in [2.45, 2.75) is 6.92 Å². The molecule has 0 aromatic carbocycles. The fraction of sp³-hybridized carbons (Fsp3) is 0.125. The van der Waals surface area contributed by atoms with Gasteiger partial charge in [-0.05, 0) is 19.1 Å². The first kappa shape index (κ1) is 7.43. The van der Waals surface area contributed by atoms with E-state index < -0.39 is 0 Å². The molecule has 3 nitrogen and oxygen atoms in total. The van der Waals surface area contributed by atoms with Crippen LogP contribution in [0.3, 0.4) is 0 Å². The third kappa shape index (κ3) is 1.23. The van der Waals surface area contributed by atoms with Gasteiger partial charge in [-0.1, -0.05) is 11.6 Å². The van der Waals surface area contributed by atoms with Crippen LogP contribution < -0.4 is 0 Å². The molecule has 0 N–H and O–H groups in total. The standard InChI is InChI=1S/C8H6ClN3/c1-5-4-10-6-2-3-7(9)12-8(6)11-5/h2-4H,1H3. The summed E-state index contributed by atoms with van der Waals surface area (Å²) in [5, 5.41) is 0.447. The zero-order valence-corrected chi connectivity index (χ0v) is 7.21.